The minimum Gasteiger partial charge on any atom is -0.444 e. The summed E-state index contributed by atoms with van der Waals surface area (Å²) in [6.45, 7) is 5.46. The number of ether oxygens (including phenoxy) is 1. The molecule has 0 saturated carbocycles. The maximum atomic E-state index is 11.5. The summed E-state index contributed by atoms with van der Waals surface area (Å²) in [5, 5.41) is 2.64. The fraction of sp³-hybridized carbons (Fsp3) is 0.364. The van der Waals surface area contributed by atoms with E-state index in [4.69, 9.17) is 4.74 Å². The summed E-state index contributed by atoms with van der Waals surface area (Å²) in [6, 6.07) is 5.32. The van der Waals surface area contributed by atoms with E-state index in [1.165, 1.54) is 0 Å². The van der Waals surface area contributed by atoms with Crippen LogP contribution in [0.15, 0.2) is 27.6 Å². The molecule has 88 valence electrons. The molecule has 0 atom stereocenters. The lowest BCUT2D eigenvalue weighted by molar-refractivity contribution is 0.0636. The van der Waals surface area contributed by atoms with Crippen LogP contribution in [0.3, 0.4) is 0 Å². The summed E-state index contributed by atoms with van der Waals surface area (Å²) in [6.07, 6.45) is -0.466. The highest BCUT2D eigenvalue weighted by Crippen LogP contribution is 2.24. The molecule has 16 heavy (non-hydrogen) atoms. The fourth-order valence-corrected chi connectivity index (χ4v) is 1.52. The van der Waals surface area contributed by atoms with Gasteiger partial charge in [-0.3, -0.25) is 5.32 Å². The van der Waals surface area contributed by atoms with Gasteiger partial charge >= 0.3 is 6.09 Å². The Labute approximate surface area is 109 Å². The van der Waals surface area contributed by atoms with Crippen molar-refractivity contribution in [2.75, 3.05) is 5.32 Å². The summed E-state index contributed by atoms with van der Waals surface area (Å²) < 4.78 is 5.95. The standard InChI is InChI=1S/C11H14BrNO2S/c1-11(2,3)15-10(14)13-7-4-5-9(16)8(12)6-7/h4-6,16H,1-3H3,(H,13,14). The maximum absolute atomic E-state index is 11.5. The normalized spacial score (nSPS) is 11.1. The van der Waals surface area contributed by atoms with E-state index in [0.29, 0.717) is 5.69 Å². The number of amides is 1. The monoisotopic (exact) mass is 303 g/mol. The summed E-state index contributed by atoms with van der Waals surface area (Å²) >= 11 is 7.54. The Morgan fingerprint density at radius 2 is 2.06 bits per heavy atom. The van der Waals surface area contributed by atoms with Gasteiger partial charge in [-0.15, -0.1) is 12.6 Å². The van der Waals surface area contributed by atoms with Gasteiger partial charge in [0.1, 0.15) is 5.60 Å². The van der Waals surface area contributed by atoms with Crippen molar-refractivity contribution < 1.29 is 9.53 Å². The lowest BCUT2D eigenvalue weighted by Crippen LogP contribution is -2.27. The highest BCUT2D eigenvalue weighted by Gasteiger charge is 2.16. The third-order valence-electron chi connectivity index (χ3n) is 1.59. The topological polar surface area (TPSA) is 38.3 Å². The second kappa shape index (κ2) is 5.10. The Kier molecular flexibility index (Phi) is 4.27. The number of halogens is 1. The molecule has 0 heterocycles. The summed E-state index contributed by atoms with van der Waals surface area (Å²) in [7, 11) is 0. The zero-order valence-electron chi connectivity index (χ0n) is 9.37. The summed E-state index contributed by atoms with van der Waals surface area (Å²) in [4.78, 5) is 12.3. The lowest BCUT2D eigenvalue weighted by Gasteiger charge is -2.19. The number of carbonyl (C=O) groups excluding carboxylic acids is 1. The third-order valence-corrected chi connectivity index (χ3v) is 2.95. The van der Waals surface area contributed by atoms with Crippen LogP contribution in [-0.4, -0.2) is 11.7 Å². The van der Waals surface area contributed by atoms with E-state index in [2.05, 4.69) is 33.9 Å². The van der Waals surface area contributed by atoms with E-state index in [9.17, 15) is 4.79 Å². The van der Waals surface area contributed by atoms with Gasteiger partial charge in [0.2, 0.25) is 0 Å². The Morgan fingerprint density at radius 1 is 1.44 bits per heavy atom. The van der Waals surface area contributed by atoms with Crippen LogP contribution in [0.25, 0.3) is 0 Å². The van der Waals surface area contributed by atoms with Gasteiger partial charge in [0.25, 0.3) is 0 Å². The molecule has 3 nitrogen and oxygen atoms in total. The van der Waals surface area contributed by atoms with E-state index in [1.54, 1.807) is 18.2 Å². The predicted molar refractivity (Wildman–Crippen MR) is 71.3 cm³/mol. The van der Waals surface area contributed by atoms with Crippen LogP contribution in [0.2, 0.25) is 0 Å². The molecule has 0 spiro atoms. The molecule has 0 unspecified atom stereocenters. The lowest BCUT2D eigenvalue weighted by atomic mass is 10.2. The van der Waals surface area contributed by atoms with Crippen LogP contribution in [0.1, 0.15) is 20.8 Å². The quantitative estimate of drug-likeness (QED) is 0.767. The highest BCUT2D eigenvalue weighted by atomic mass is 79.9. The van der Waals surface area contributed by atoms with Crippen molar-refractivity contribution in [2.24, 2.45) is 0 Å². The van der Waals surface area contributed by atoms with E-state index in [-0.39, 0.29) is 0 Å². The molecule has 1 amide bonds. The number of hydrogen-bond donors (Lipinski definition) is 2. The number of rotatable bonds is 1. The Balaban J connectivity index is 2.67. The van der Waals surface area contributed by atoms with Gasteiger partial charge in [-0.2, -0.15) is 0 Å². The largest absolute Gasteiger partial charge is 0.444 e. The van der Waals surface area contributed by atoms with Gasteiger partial charge in [0.05, 0.1) is 0 Å². The van der Waals surface area contributed by atoms with Crippen LogP contribution in [0.5, 0.6) is 0 Å². The molecule has 0 aliphatic carbocycles. The molecule has 0 aliphatic heterocycles. The molecule has 1 aromatic rings. The van der Waals surface area contributed by atoms with Gasteiger partial charge in [-0.25, -0.2) is 4.79 Å². The molecule has 0 saturated heterocycles. The molecule has 1 rings (SSSR count). The first kappa shape index (κ1) is 13.4. The first-order chi connectivity index (χ1) is 7.28. The number of carbonyl (C=O) groups is 1. The van der Waals surface area contributed by atoms with E-state index >= 15 is 0 Å². The first-order valence-corrected chi connectivity index (χ1v) is 6.00. The Hall–Kier alpha value is -0.680. The number of hydrogen-bond acceptors (Lipinski definition) is 3. The van der Waals surface area contributed by atoms with E-state index < -0.39 is 11.7 Å². The average Bonchev–Trinajstić information content (AvgIpc) is 2.08. The molecule has 0 aromatic heterocycles. The SMILES string of the molecule is CC(C)(C)OC(=O)Nc1ccc(S)c(Br)c1. The van der Waals surface area contributed by atoms with Crippen LogP contribution in [0, 0.1) is 0 Å². The van der Waals surface area contributed by atoms with Crippen molar-refractivity contribution in [3.63, 3.8) is 0 Å². The molecule has 0 bridgehead atoms. The van der Waals surface area contributed by atoms with Gasteiger partial charge in [-0.1, -0.05) is 0 Å². The minimum atomic E-state index is -0.495. The molecular formula is C11H14BrNO2S. The molecule has 1 N–H and O–H groups in total. The Morgan fingerprint density at radius 3 is 2.56 bits per heavy atom. The van der Waals surface area contributed by atoms with Crippen LogP contribution in [0.4, 0.5) is 10.5 Å². The minimum absolute atomic E-state index is 0.466. The maximum Gasteiger partial charge on any atom is 0.412 e. The zero-order chi connectivity index (χ0) is 12.3. The molecule has 5 heteroatoms. The summed E-state index contributed by atoms with van der Waals surface area (Å²) in [5.41, 5.74) is 0.170. The van der Waals surface area contributed by atoms with Crippen LogP contribution in [-0.2, 0) is 4.74 Å². The van der Waals surface area contributed by atoms with Crippen molar-refractivity contribution in [3.05, 3.63) is 22.7 Å². The van der Waals surface area contributed by atoms with E-state index in [1.807, 2.05) is 20.8 Å². The van der Waals surface area contributed by atoms with Crippen LogP contribution < -0.4 is 5.32 Å². The van der Waals surface area contributed by atoms with Crippen molar-refractivity contribution in [2.45, 2.75) is 31.3 Å². The van der Waals surface area contributed by atoms with Crippen molar-refractivity contribution in [3.8, 4) is 0 Å². The van der Waals surface area contributed by atoms with Crippen molar-refractivity contribution in [1.82, 2.24) is 0 Å². The molecular weight excluding hydrogens is 290 g/mol. The van der Waals surface area contributed by atoms with Crippen molar-refractivity contribution >= 4 is 40.3 Å². The van der Waals surface area contributed by atoms with E-state index in [0.717, 1.165) is 9.37 Å². The smallest absolute Gasteiger partial charge is 0.412 e. The summed E-state index contributed by atoms with van der Waals surface area (Å²) in [5.74, 6) is 0. The number of anilines is 1. The Bertz CT molecular complexity index is 401. The first-order valence-electron chi connectivity index (χ1n) is 4.76. The molecule has 1 aromatic carbocycles. The second-order valence-corrected chi connectivity index (χ2v) is 5.63. The molecule has 0 radical (unpaired) electrons. The number of thiol groups is 1. The fourth-order valence-electron chi connectivity index (χ4n) is 1.01. The third kappa shape index (κ3) is 4.45. The predicted octanol–water partition coefficient (Wildman–Crippen LogP) is 4.08. The molecule has 0 fully saturated rings. The van der Waals surface area contributed by atoms with Gasteiger partial charge in [-0.05, 0) is 54.9 Å². The van der Waals surface area contributed by atoms with Crippen molar-refractivity contribution in [1.29, 1.82) is 0 Å². The van der Waals surface area contributed by atoms with Crippen LogP contribution >= 0.6 is 28.6 Å². The van der Waals surface area contributed by atoms with Gasteiger partial charge in [0, 0.05) is 15.1 Å². The zero-order valence-corrected chi connectivity index (χ0v) is 11.9. The van der Waals surface area contributed by atoms with Gasteiger partial charge in [0.15, 0.2) is 0 Å². The average molecular weight is 304 g/mol. The second-order valence-electron chi connectivity index (χ2n) is 4.29. The highest BCUT2D eigenvalue weighted by molar-refractivity contribution is 9.10. The number of nitrogens with one attached hydrogen (secondary N) is 1. The molecule has 0 aliphatic rings. The van der Waals surface area contributed by atoms with Gasteiger partial charge < -0.3 is 4.74 Å². The number of benzene rings is 1.